The average molecular weight is 410 g/mol. The fraction of sp³-hybridized carbons (Fsp3) is 0.278. The highest BCUT2D eigenvalue weighted by Crippen LogP contribution is 2.22. The zero-order valence-corrected chi connectivity index (χ0v) is 16.3. The molecule has 1 N–H and O–H groups in total. The highest BCUT2D eigenvalue weighted by Gasteiger charge is 2.25. The standard InChI is InChI=1S/C18H20ClN3O4S/c1-26-16-4-2-3-15(13-16)21-9-11-22(12-10-21)18(23)20-27(24,25)17-7-5-14(19)6-8-17/h2-8,13H,9-12H2,1H3,(H,20,23). The van der Waals surface area contributed by atoms with Crippen LogP contribution in [0, 0.1) is 0 Å². The Morgan fingerprint density at radius 2 is 1.74 bits per heavy atom. The van der Waals surface area contributed by atoms with Gasteiger partial charge in [-0.25, -0.2) is 17.9 Å². The number of methoxy groups -OCH3 is 1. The lowest BCUT2D eigenvalue weighted by molar-refractivity contribution is 0.200. The molecule has 0 spiro atoms. The van der Waals surface area contributed by atoms with E-state index >= 15 is 0 Å². The molecule has 0 unspecified atom stereocenters. The van der Waals surface area contributed by atoms with Crippen LogP contribution in [0.3, 0.4) is 0 Å². The second-order valence-corrected chi connectivity index (χ2v) is 8.16. The maximum Gasteiger partial charge on any atom is 0.331 e. The number of carbonyl (C=O) groups excluding carboxylic acids is 1. The third-order valence-electron chi connectivity index (χ3n) is 4.33. The van der Waals surface area contributed by atoms with Crippen molar-refractivity contribution in [3.63, 3.8) is 0 Å². The van der Waals surface area contributed by atoms with Gasteiger partial charge in [-0.15, -0.1) is 0 Å². The molecule has 2 amide bonds. The summed E-state index contributed by atoms with van der Waals surface area (Å²) in [6.07, 6.45) is 0. The summed E-state index contributed by atoms with van der Waals surface area (Å²) in [5, 5.41) is 0.425. The van der Waals surface area contributed by atoms with Crippen LogP contribution in [0.1, 0.15) is 0 Å². The van der Waals surface area contributed by atoms with Crippen molar-refractivity contribution in [2.75, 3.05) is 38.2 Å². The van der Waals surface area contributed by atoms with Gasteiger partial charge in [-0.05, 0) is 36.4 Å². The van der Waals surface area contributed by atoms with Crippen molar-refractivity contribution in [1.82, 2.24) is 9.62 Å². The fourth-order valence-electron chi connectivity index (χ4n) is 2.83. The Kier molecular flexibility index (Phi) is 5.76. The van der Waals surface area contributed by atoms with E-state index in [0.29, 0.717) is 31.2 Å². The number of ether oxygens (including phenoxy) is 1. The predicted octanol–water partition coefficient (Wildman–Crippen LogP) is 2.57. The van der Waals surface area contributed by atoms with Gasteiger partial charge in [0, 0.05) is 43.0 Å². The molecular formula is C18H20ClN3O4S. The van der Waals surface area contributed by atoms with Crippen LogP contribution in [0.5, 0.6) is 5.75 Å². The first-order chi connectivity index (χ1) is 12.9. The van der Waals surface area contributed by atoms with Crippen molar-refractivity contribution in [3.05, 3.63) is 53.6 Å². The topological polar surface area (TPSA) is 79.0 Å². The maximum atomic E-state index is 12.4. The van der Waals surface area contributed by atoms with Gasteiger partial charge >= 0.3 is 6.03 Å². The smallest absolute Gasteiger partial charge is 0.331 e. The number of rotatable bonds is 4. The molecule has 1 saturated heterocycles. The lowest BCUT2D eigenvalue weighted by atomic mass is 10.2. The molecule has 1 heterocycles. The molecule has 3 rings (SSSR count). The lowest BCUT2D eigenvalue weighted by Gasteiger charge is -2.36. The zero-order chi connectivity index (χ0) is 19.4. The fourth-order valence-corrected chi connectivity index (χ4v) is 3.92. The number of urea groups is 1. The number of amides is 2. The quantitative estimate of drug-likeness (QED) is 0.839. The number of nitrogens with one attached hydrogen (secondary N) is 1. The number of anilines is 1. The van der Waals surface area contributed by atoms with Gasteiger partial charge in [0.15, 0.2) is 0 Å². The van der Waals surface area contributed by atoms with Gasteiger partial charge in [0.2, 0.25) is 0 Å². The van der Waals surface area contributed by atoms with Gasteiger partial charge in [-0.3, -0.25) is 0 Å². The molecule has 144 valence electrons. The Balaban J connectivity index is 1.60. The van der Waals surface area contributed by atoms with Crippen LogP contribution in [-0.4, -0.2) is 52.6 Å². The minimum atomic E-state index is -3.93. The second kappa shape index (κ2) is 8.06. The SMILES string of the molecule is COc1cccc(N2CCN(C(=O)NS(=O)(=O)c3ccc(Cl)cc3)CC2)c1. The summed E-state index contributed by atoms with van der Waals surface area (Å²) in [5.41, 5.74) is 1.00. The van der Waals surface area contributed by atoms with Gasteiger partial charge in [0.1, 0.15) is 5.75 Å². The molecule has 0 aromatic heterocycles. The summed E-state index contributed by atoms with van der Waals surface area (Å²) in [6.45, 7) is 2.03. The van der Waals surface area contributed by atoms with E-state index in [1.165, 1.54) is 29.2 Å². The van der Waals surface area contributed by atoms with Crippen LogP contribution in [0.2, 0.25) is 5.02 Å². The molecular weight excluding hydrogens is 390 g/mol. The molecule has 7 nitrogen and oxygen atoms in total. The maximum absolute atomic E-state index is 12.4. The van der Waals surface area contributed by atoms with Crippen LogP contribution in [0.4, 0.5) is 10.5 Å². The van der Waals surface area contributed by atoms with Crippen LogP contribution >= 0.6 is 11.6 Å². The monoisotopic (exact) mass is 409 g/mol. The number of hydrogen-bond acceptors (Lipinski definition) is 5. The van der Waals surface area contributed by atoms with Crippen molar-refractivity contribution < 1.29 is 17.9 Å². The Bertz CT molecular complexity index is 910. The summed E-state index contributed by atoms with van der Waals surface area (Å²) < 4.78 is 32.0. The zero-order valence-electron chi connectivity index (χ0n) is 14.8. The van der Waals surface area contributed by atoms with E-state index in [2.05, 4.69) is 9.62 Å². The van der Waals surface area contributed by atoms with Gasteiger partial charge in [0.05, 0.1) is 12.0 Å². The first-order valence-electron chi connectivity index (χ1n) is 8.35. The van der Waals surface area contributed by atoms with Gasteiger partial charge in [-0.1, -0.05) is 17.7 Å². The third-order valence-corrected chi connectivity index (χ3v) is 5.92. The second-order valence-electron chi connectivity index (χ2n) is 6.04. The summed E-state index contributed by atoms with van der Waals surface area (Å²) >= 11 is 5.77. The summed E-state index contributed by atoms with van der Waals surface area (Å²) in [4.78, 5) is 16.0. The number of halogens is 1. The largest absolute Gasteiger partial charge is 0.497 e. The molecule has 0 atom stereocenters. The molecule has 2 aromatic rings. The average Bonchev–Trinajstić information content (AvgIpc) is 2.68. The van der Waals surface area contributed by atoms with Crippen molar-refractivity contribution in [3.8, 4) is 5.75 Å². The Labute approximate surface area is 163 Å². The molecule has 0 saturated carbocycles. The van der Waals surface area contributed by atoms with Gasteiger partial charge in [-0.2, -0.15) is 0 Å². The number of nitrogens with zero attached hydrogens (tertiary/aromatic N) is 2. The minimum absolute atomic E-state index is 0.00438. The third kappa shape index (κ3) is 4.64. The molecule has 0 radical (unpaired) electrons. The van der Waals surface area contributed by atoms with Crippen molar-refractivity contribution in [2.24, 2.45) is 0 Å². The van der Waals surface area contributed by atoms with Gasteiger partial charge < -0.3 is 14.5 Å². The first-order valence-corrected chi connectivity index (χ1v) is 10.2. The Morgan fingerprint density at radius 1 is 1.07 bits per heavy atom. The summed E-state index contributed by atoms with van der Waals surface area (Å²) in [6, 6.07) is 12.7. The van der Waals surface area contributed by atoms with Crippen molar-refractivity contribution >= 4 is 33.3 Å². The van der Waals surface area contributed by atoms with E-state index in [9.17, 15) is 13.2 Å². The van der Waals surface area contributed by atoms with E-state index in [0.717, 1.165) is 11.4 Å². The van der Waals surface area contributed by atoms with Crippen LogP contribution < -0.4 is 14.4 Å². The summed E-state index contributed by atoms with van der Waals surface area (Å²) in [5.74, 6) is 0.765. The first kappa shape index (κ1) is 19.3. The van der Waals surface area contributed by atoms with Crippen molar-refractivity contribution in [2.45, 2.75) is 4.90 Å². The van der Waals surface area contributed by atoms with Crippen LogP contribution in [0.15, 0.2) is 53.4 Å². The van der Waals surface area contributed by atoms with E-state index in [1.807, 2.05) is 24.3 Å². The Morgan fingerprint density at radius 3 is 2.37 bits per heavy atom. The highest BCUT2D eigenvalue weighted by atomic mass is 35.5. The van der Waals surface area contributed by atoms with Gasteiger partial charge in [0.25, 0.3) is 10.0 Å². The number of piperazine rings is 1. The van der Waals surface area contributed by atoms with E-state index in [1.54, 1.807) is 7.11 Å². The van der Waals surface area contributed by atoms with Crippen LogP contribution in [0.25, 0.3) is 0 Å². The van der Waals surface area contributed by atoms with E-state index in [4.69, 9.17) is 16.3 Å². The number of hydrogen-bond donors (Lipinski definition) is 1. The predicted molar refractivity (Wildman–Crippen MR) is 104 cm³/mol. The molecule has 0 aliphatic carbocycles. The minimum Gasteiger partial charge on any atom is -0.497 e. The molecule has 1 fully saturated rings. The van der Waals surface area contributed by atoms with Crippen LogP contribution in [-0.2, 0) is 10.0 Å². The molecule has 0 bridgehead atoms. The molecule has 1 aliphatic rings. The molecule has 9 heteroatoms. The molecule has 27 heavy (non-hydrogen) atoms. The van der Waals surface area contributed by atoms with Crippen molar-refractivity contribution in [1.29, 1.82) is 0 Å². The van der Waals surface area contributed by atoms with E-state index in [-0.39, 0.29) is 4.90 Å². The molecule has 1 aliphatic heterocycles. The highest BCUT2D eigenvalue weighted by molar-refractivity contribution is 7.90. The normalized spacial score (nSPS) is 14.7. The number of benzene rings is 2. The number of carbonyl (C=O) groups is 1. The molecule has 2 aromatic carbocycles. The van der Waals surface area contributed by atoms with E-state index < -0.39 is 16.1 Å². The summed E-state index contributed by atoms with van der Waals surface area (Å²) in [7, 11) is -2.32. The number of sulfonamides is 1. The Hall–Kier alpha value is -2.45. The lowest BCUT2D eigenvalue weighted by Crippen LogP contribution is -2.52.